The Balaban J connectivity index is 2.19. The normalized spacial score (nSPS) is 24.2. The topological polar surface area (TPSA) is 40.7 Å². The number of aromatic amines is 1. The number of alkyl halides is 3. The molecule has 1 aliphatic rings. The minimum absolute atomic E-state index is 0.0225. The average Bonchev–Trinajstić information content (AvgIpc) is 2.95. The van der Waals surface area contributed by atoms with Crippen molar-refractivity contribution in [2.24, 2.45) is 0 Å². The Morgan fingerprint density at radius 3 is 2.68 bits per heavy atom. The van der Waals surface area contributed by atoms with Gasteiger partial charge in [-0.3, -0.25) is 0 Å². The van der Waals surface area contributed by atoms with Crippen molar-refractivity contribution in [2.45, 2.75) is 24.9 Å². The summed E-state index contributed by atoms with van der Waals surface area (Å²) in [7, 11) is 0. The van der Waals surface area contributed by atoms with Gasteiger partial charge in [0.1, 0.15) is 11.2 Å². The molecule has 1 unspecified atom stereocenters. The molecule has 3 rings (SSSR count). The molecule has 3 nitrogen and oxygen atoms in total. The summed E-state index contributed by atoms with van der Waals surface area (Å²) in [6.07, 6.45) is -4.28. The highest BCUT2D eigenvalue weighted by molar-refractivity contribution is 5.78. The van der Waals surface area contributed by atoms with Gasteiger partial charge in [-0.2, -0.15) is 13.2 Å². The predicted molar refractivity (Wildman–Crippen MR) is 66.1 cm³/mol. The number of nitrogens with one attached hydrogen (secondary N) is 2. The summed E-state index contributed by atoms with van der Waals surface area (Å²) in [5.41, 5.74) is 0.264. The fraction of sp³-hybridized carbons (Fsp3) is 0.462. The lowest BCUT2D eigenvalue weighted by atomic mass is 9.85. The van der Waals surface area contributed by atoms with Crippen molar-refractivity contribution in [1.82, 2.24) is 15.3 Å². The number of para-hydroxylation sites is 1. The third-order valence-corrected chi connectivity index (χ3v) is 3.87. The first-order chi connectivity index (χ1) is 8.94. The van der Waals surface area contributed by atoms with Crippen LogP contribution in [0.3, 0.4) is 0 Å². The van der Waals surface area contributed by atoms with Crippen LogP contribution in [-0.4, -0.2) is 29.2 Å². The van der Waals surface area contributed by atoms with Crippen LogP contribution in [0.1, 0.15) is 17.8 Å². The predicted octanol–water partition coefficient (Wildman–Crippen LogP) is 2.66. The Bertz CT molecular complexity index is 609. The molecule has 0 radical (unpaired) electrons. The maximum Gasteiger partial charge on any atom is 0.402 e. The van der Waals surface area contributed by atoms with Gasteiger partial charge in [0.25, 0.3) is 0 Å². The van der Waals surface area contributed by atoms with Crippen molar-refractivity contribution in [2.75, 3.05) is 13.1 Å². The Hall–Kier alpha value is -1.56. The molecule has 1 aliphatic heterocycles. The second-order valence-electron chi connectivity index (χ2n) is 5.06. The van der Waals surface area contributed by atoms with Crippen molar-refractivity contribution in [3.8, 4) is 0 Å². The quantitative estimate of drug-likeness (QED) is 0.835. The molecule has 2 aromatic rings. The van der Waals surface area contributed by atoms with Crippen LogP contribution in [0.4, 0.5) is 13.2 Å². The van der Waals surface area contributed by atoms with Crippen LogP contribution in [0.5, 0.6) is 0 Å². The largest absolute Gasteiger partial charge is 0.402 e. The lowest BCUT2D eigenvalue weighted by Crippen LogP contribution is -2.45. The van der Waals surface area contributed by atoms with E-state index in [1.54, 1.807) is 6.07 Å². The first-order valence-corrected chi connectivity index (χ1v) is 6.17. The van der Waals surface area contributed by atoms with Crippen LogP contribution >= 0.6 is 0 Å². The van der Waals surface area contributed by atoms with Gasteiger partial charge >= 0.3 is 6.18 Å². The van der Waals surface area contributed by atoms with Gasteiger partial charge < -0.3 is 10.3 Å². The van der Waals surface area contributed by atoms with Crippen LogP contribution in [0.2, 0.25) is 0 Å². The molecular formula is C13H14F3N3. The number of halogens is 3. The van der Waals surface area contributed by atoms with E-state index in [-0.39, 0.29) is 18.8 Å². The van der Waals surface area contributed by atoms with Crippen LogP contribution in [0, 0.1) is 6.92 Å². The number of nitrogens with zero attached hydrogens (tertiary/aromatic N) is 1. The highest BCUT2D eigenvalue weighted by Crippen LogP contribution is 2.44. The molecule has 6 heteroatoms. The molecular weight excluding hydrogens is 255 g/mol. The summed E-state index contributed by atoms with van der Waals surface area (Å²) < 4.78 is 40.3. The van der Waals surface area contributed by atoms with E-state index in [0.29, 0.717) is 17.6 Å². The number of aryl methyl sites for hydroxylation is 1. The van der Waals surface area contributed by atoms with Gasteiger partial charge in [-0.15, -0.1) is 0 Å². The molecule has 102 valence electrons. The number of rotatable bonds is 1. The van der Waals surface area contributed by atoms with E-state index in [0.717, 1.165) is 5.56 Å². The van der Waals surface area contributed by atoms with Crippen molar-refractivity contribution in [1.29, 1.82) is 0 Å². The van der Waals surface area contributed by atoms with E-state index in [1.165, 1.54) is 0 Å². The Morgan fingerprint density at radius 2 is 2.11 bits per heavy atom. The molecule has 1 atom stereocenters. The number of imidazole rings is 1. The van der Waals surface area contributed by atoms with Gasteiger partial charge in [-0.25, -0.2) is 4.98 Å². The van der Waals surface area contributed by atoms with E-state index in [1.807, 2.05) is 19.1 Å². The molecule has 0 bridgehead atoms. The van der Waals surface area contributed by atoms with Gasteiger partial charge in [-0.1, -0.05) is 12.1 Å². The Kier molecular flexibility index (Phi) is 2.60. The number of fused-ring (bicyclic) bond motifs is 1. The second-order valence-corrected chi connectivity index (χ2v) is 5.06. The molecule has 19 heavy (non-hydrogen) atoms. The second kappa shape index (κ2) is 3.96. The van der Waals surface area contributed by atoms with Crippen LogP contribution < -0.4 is 5.32 Å². The minimum atomic E-state index is -4.31. The zero-order chi connectivity index (χ0) is 13.7. The van der Waals surface area contributed by atoms with Gasteiger partial charge in [-0.05, 0) is 31.5 Å². The number of aromatic nitrogens is 2. The molecule has 0 amide bonds. The van der Waals surface area contributed by atoms with Crippen LogP contribution in [0.25, 0.3) is 11.0 Å². The lowest BCUT2D eigenvalue weighted by Gasteiger charge is -2.28. The van der Waals surface area contributed by atoms with Crippen molar-refractivity contribution < 1.29 is 13.2 Å². The fourth-order valence-corrected chi connectivity index (χ4v) is 2.67. The van der Waals surface area contributed by atoms with Crippen molar-refractivity contribution in [3.05, 3.63) is 29.6 Å². The highest BCUT2D eigenvalue weighted by atomic mass is 19.4. The molecule has 0 saturated carbocycles. The van der Waals surface area contributed by atoms with E-state index in [4.69, 9.17) is 0 Å². The average molecular weight is 269 g/mol. The number of hydrogen-bond donors (Lipinski definition) is 2. The molecule has 0 spiro atoms. The van der Waals surface area contributed by atoms with Gasteiger partial charge in [0.05, 0.1) is 11.0 Å². The smallest absolute Gasteiger partial charge is 0.341 e. The maximum absolute atomic E-state index is 13.4. The fourth-order valence-electron chi connectivity index (χ4n) is 2.67. The van der Waals surface area contributed by atoms with Crippen molar-refractivity contribution in [3.63, 3.8) is 0 Å². The minimum Gasteiger partial charge on any atom is -0.341 e. The summed E-state index contributed by atoms with van der Waals surface area (Å²) >= 11 is 0. The monoisotopic (exact) mass is 269 g/mol. The van der Waals surface area contributed by atoms with Crippen LogP contribution in [-0.2, 0) is 5.41 Å². The molecule has 2 heterocycles. The third kappa shape index (κ3) is 1.74. The first kappa shape index (κ1) is 12.5. The Labute approximate surface area is 108 Å². The standard InChI is InChI=1S/C13H14F3N3/c1-8-3-2-4-9-10(8)19-11(18-9)12(13(14,15)16)5-6-17-7-12/h2-4,17H,5-7H2,1H3,(H,18,19). The molecule has 1 fully saturated rings. The summed E-state index contributed by atoms with van der Waals surface area (Å²) in [5.74, 6) is 0.0225. The lowest BCUT2D eigenvalue weighted by molar-refractivity contribution is -0.186. The highest BCUT2D eigenvalue weighted by Gasteiger charge is 2.59. The van der Waals surface area contributed by atoms with Gasteiger partial charge in [0, 0.05) is 6.54 Å². The molecule has 1 saturated heterocycles. The SMILES string of the molecule is Cc1cccc2[nH]c(C3(C(F)(F)F)CCNC3)nc12. The van der Waals surface area contributed by atoms with E-state index in [9.17, 15) is 13.2 Å². The molecule has 2 N–H and O–H groups in total. The zero-order valence-corrected chi connectivity index (χ0v) is 10.4. The first-order valence-electron chi connectivity index (χ1n) is 6.17. The van der Waals surface area contributed by atoms with E-state index >= 15 is 0 Å². The van der Waals surface area contributed by atoms with Gasteiger partial charge in [0.2, 0.25) is 0 Å². The summed E-state index contributed by atoms with van der Waals surface area (Å²) in [6.45, 7) is 2.09. The molecule has 1 aromatic carbocycles. The van der Waals surface area contributed by atoms with Crippen molar-refractivity contribution >= 4 is 11.0 Å². The summed E-state index contributed by atoms with van der Waals surface area (Å²) in [4.78, 5) is 7.07. The zero-order valence-electron chi connectivity index (χ0n) is 10.4. The van der Waals surface area contributed by atoms with Gasteiger partial charge in [0.15, 0.2) is 0 Å². The van der Waals surface area contributed by atoms with E-state index in [2.05, 4.69) is 15.3 Å². The number of H-pyrrole nitrogens is 1. The summed E-state index contributed by atoms with van der Waals surface area (Å²) in [6, 6.07) is 5.41. The third-order valence-electron chi connectivity index (χ3n) is 3.87. The number of benzene rings is 1. The Morgan fingerprint density at radius 1 is 1.32 bits per heavy atom. The van der Waals surface area contributed by atoms with Crippen LogP contribution in [0.15, 0.2) is 18.2 Å². The number of hydrogen-bond acceptors (Lipinski definition) is 2. The molecule has 1 aromatic heterocycles. The van der Waals surface area contributed by atoms with E-state index < -0.39 is 11.6 Å². The molecule has 0 aliphatic carbocycles. The summed E-state index contributed by atoms with van der Waals surface area (Å²) in [5, 5.41) is 2.80. The maximum atomic E-state index is 13.4.